The fraction of sp³-hybridized carbons (Fsp3) is 0.182. The molecule has 1 aliphatic heterocycles. The first-order valence-electron chi connectivity index (χ1n) is 10.1. The summed E-state index contributed by atoms with van der Waals surface area (Å²) >= 11 is 0. The number of hydrogen-bond acceptors (Lipinski definition) is 9. The Morgan fingerprint density at radius 2 is 1.91 bits per heavy atom. The Bertz CT molecular complexity index is 1340. The van der Waals surface area contributed by atoms with Gasteiger partial charge in [-0.25, -0.2) is 19.3 Å². The summed E-state index contributed by atoms with van der Waals surface area (Å²) in [7, 11) is 1.62. The van der Waals surface area contributed by atoms with E-state index in [2.05, 4.69) is 30.4 Å². The Kier molecular flexibility index (Phi) is 5.02. The Morgan fingerprint density at radius 3 is 2.67 bits per heavy atom. The van der Waals surface area contributed by atoms with Crippen molar-refractivity contribution in [2.75, 3.05) is 18.9 Å². The van der Waals surface area contributed by atoms with Gasteiger partial charge in [-0.3, -0.25) is 9.78 Å². The van der Waals surface area contributed by atoms with E-state index in [0.29, 0.717) is 29.3 Å². The maximum atomic E-state index is 13.9. The van der Waals surface area contributed by atoms with Crippen LogP contribution < -0.4 is 5.32 Å². The quantitative estimate of drug-likeness (QED) is 0.474. The van der Waals surface area contributed by atoms with Crippen molar-refractivity contribution in [2.24, 2.45) is 0 Å². The molecule has 11 heteroatoms. The predicted octanol–water partition coefficient (Wildman–Crippen LogP) is 2.52. The van der Waals surface area contributed by atoms with E-state index >= 15 is 0 Å². The number of aromatic nitrogens is 5. The fourth-order valence-corrected chi connectivity index (χ4v) is 3.55. The lowest BCUT2D eigenvalue weighted by atomic mass is 9.98. The molecule has 5 rings (SSSR count). The van der Waals surface area contributed by atoms with Gasteiger partial charge in [-0.05, 0) is 24.3 Å². The lowest BCUT2D eigenvalue weighted by molar-refractivity contribution is -0.144. The van der Waals surface area contributed by atoms with Crippen LogP contribution in [0.3, 0.4) is 0 Å². The lowest BCUT2D eigenvalue weighted by Crippen LogP contribution is -2.35. The molecule has 0 aliphatic carbocycles. The molecule has 0 spiro atoms. The fourth-order valence-electron chi connectivity index (χ4n) is 3.55. The highest BCUT2D eigenvalue weighted by atomic mass is 19.1. The Balaban J connectivity index is 1.42. The van der Waals surface area contributed by atoms with Crippen LogP contribution in [0.2, 0.25) is 0 Å². The average Bonchev–Trinajstić information content (AvgIpc) is 3.43. The molecule has 4 aromatic heterocycles. The van der Waals surface area contributed by atoms with Gasteiger partial charge in [-0.15, -0.1) is 0 Å². The van der Waals surface area contributed by atoms with Crippen LogP contribution >= 0.6 is 0 Å². The van der Waals surface area contributed by atoms with Crippen molar-refractivity contribution in [1.29, 1.82) is 0 Å². The zero-order valence-electron chi connectivity index (χ0n) is 17.4. The molecule has 1 atom stereocenters. The van der Waals surface area contributed by atoms with Crippen LogP contribution in [0.5, 0.6) is 0 Å². The molecule has 166 valence electrons. The van der Waals surface area contributed by atoms with Gasteiger partial charge in [0.15, 0.2) is 11.6 Å². The van der Waals surface area contributed by atoms with E-state index in [0.717, 1.165) is 6.20 Å². The molecule has 33 heavy (non-hydrogen) atoms. The summed E-state index contributed by atoms with van der Waals surface area (Å²) in [5.41, 5.74) is 0.329. The van der Waals surface area contributed by atoms with Crippen LogP contribution in [0.25, 0.3) is 22.8 Å². The molecule has 2 N–H and O–H groups in total. The molecule has 1 saturated heterocycles. The molecule has 0 aromatic carbocycles. The highest BCUT2D eigenvalue weighted by Crippen LogP contribution is 2.34. The van der Waals surface area contributed by atoms with Crippen molar-refractivity contribution >= 4 is 17.5 Å². The normalized spacial score (nSPS) is 18.0. The lowest BCUT2D eigenvalue weighted by Gasteiger charge is -2.16. The first-order valence-corrected chi connectivity index (χ1v) is 10.1. The third kappa shape index (κ3) is 3.78. The Labute approximate surface area is 187 Å². The maximum Gasteiger partial charge on any atom is 0.262 e. The SMILES string of the molecule is CN1CCC(O)(c2cc(-c3cccc(-c4ccnc(Nc5ccncc5F)n4)n3)no2)C1=O. The van der Waals surface area contributed by atoms with Gasteiger partial charge in [0, 0.05) is 38.5 Å². The van der Waals surface area contributed by atoms with Crippen molar-refractivity contribution < 1.29 is 18.8 Å². The van der Waals surface area contributed by atoms with Gasteiger partial charge in [0.25, 0.3) is 5.91 Å². The minimum absolute atomic E-state index is 0.0759. The second-order valence-electron chi connectivity index (χ2n) is 7.57. The van der Waals surface area contributed by atoms with Crippen LogP contribution in [0, 0.1) is 5.82 Å². The number of carbonyl (C=O) groups excluding carboxylic acids is 1. The van der Waals surface area contributed by atoms with E-state index in [1.165, 1.54) is 29.4 Å². The summed E-state index contributed by atoms with van der Waals surface area (Å²) in [5.74, 6) is -0.688. The number of carbonyl (C=O) groups is 1. The molecular formula is C22H18FN7O3. The summed E-state index contributed by atoms with van der Waals surface area (Å²) < 4.78 is 19.2. The molecule has 10 nitrogen and oxygen atoms in total. The minimum Gasteiger partial charge on any atom is -0.373 e. The topological polar surface area (TPSA) is 130 Å². The number of likely N-dealkylation sites (tertiary alicyclic amines) is 1. The van der Waals surface area contributed by atoms with Crippen LogP contribution in [-0.2, 0) is 10.4 Å². The largest absolute Gasteiger partial charge is 0.373 e. The number of hydrogen-bond donors (Lipinski definition) is 2. The number of halogens is 1. The minimum atomic E-state index is -1.73. The van der Waals surface area contributed by atoms with E-state index in [1.54, 1.807) is 31.3 Å². The summed E-state index contributed by atoms with van der Waals surface area (Å²) in [6, 6.07) is 9.92. The molecule has 1 unspecified atom stereocenters. The monoisotopic (exact) mass is 447 g/mol. The van der Waals surface area contributed by atoms with Crippen molar-refractivity contribution in [3.05, 3.63) is 66.6 Å². The maximum absolute atomic E-state index is 13.9. The number of likely N-dealkylation sites (N-methyl/N-ethyl adjacent to an activating group) is 1. The molecule has 1 fully saturated rings. The summed E-state index contributed by atoms with van der Waals surface area (Å²) in [4.78, 5) is 30.6. The summed E-state index contributed by atoms with van der Waals surface area (Å²) in [5, 5.41) is 17.6. The number of nitrogens with one attached hydrogen (secondary N) is 1. The van der Waals surface area contributed by atoms with Gasteiger partial charge in [0.2, 0.25) is 11.5 Å². The van der Waals surface area contributed by atoms with E-state index in [1.807, 2.05) is 0 Å². The second kappa shape index (κ2) is 8.02. The number of aliphatic hydroxyl groups is 1. The predicted molar refractivity (Wildman–Crippen MR) is 114 cm³/mol. The standard InChI is InChI=1S/C22H18FN7O3/c1-30-10-7-22(32,20(30)31)19-11-18(29-33-19)16-4-2-3-15(26-16)17-6-9-25-21(28-17)27-14-5-8-24-12-13(14)23/h2-6,8-9,11-12,32H,7,10H2,1H3,(H,24,25,27,28). The van der Waals surface area contributed by atoms with Crippen LogP contribution in [0.15, 0.2) is 59.5 Å². The molecule has 4 aromatic rings. The van der Waals surface area contributed by atoms with Crippen molar-refractivity contribution in [1.82, 2.24) is 30.0 Å². The molecule has 0 radical (unpaired) electrons. The third-order valence-electron chi connectivity index (χ3n) is 5.38. The van der Waals surface area contributed by atoms with E-state index in [9.17, 15) is 14.3 Å². The van der Waals surface area contributed by atoms with E-state index in [-0.39, 0.29) is 23.8 Å². The molecule has 5 heterocycles. The number of rotatable bonds is 5. The van der Waals surface area contributed by atoms with Gasteiger partial charge >= 0.3 is 0 Å². The van der Waals surface area contributed by atoms with Crippen molar-refractivity contribution in [2.45, 2.75) is 12.0 Å². The van der Waals surface area contributed by atoms with Crippen molar-refractivity contribution in [3.8, 4) is 22.8 Å². The molecule has 0 bridgehead atoms. The highest BCUT2D eigenvalue weighted by Gasteiger charge is 2.48. The summed E-state index contributed by atoms with van der Waals surface area (Å²) in [6.07, 6.45) is 4.31. The van der Waals surface area contributed by atoms with Gasteiger partial charge < -0.3 is 19.8 Å². The number of nitrogens with zero attached hydrogens (tertiary/aromatic N) is 6. The molecule has 1 amide bonds. The van der Waals surface area contributed by atoms with Gasteiger partial charge in [-0.2, -0.15) is 0 Å². The number of pyridine rings is 2. The first-order chi connectivity index (χ1) is 15.9. The van der Waals surface area contributed by atoms with Crippen LogP contribution in [0.4, 0.5) is 16.0 Å². The smallest absolute Gasteiger partial charge is 0.262 e. The summed E-state index contributed by atoms with van der Waals surface area (Å²) in [6.45, 7) is 0.423. The number of amides is 1. The highest BCUT2D eigenvalue weighted by molar-refractivity contribution is 5.87. The average molecular weight is 447 g/mol. The Morgan fingerprint density at radius 1 is 1.12 bits per heavy atom. The number of anilines is 2. The zero-order chi connectivity index (χ0) is 23.0. The van der Waals surface area contributed by atoms with Gasteiger partial charge in [0.1, 0.15) is 5.69 Å². The van der Waals surface area contributed by atoms with Gasteiger partial charge in [-0.1, -0.05) is 11.2 Å². The molecule has 1 aliphatic rings. The van der Waals surface area contributed by atoms with Gasteiger partial charge in [0.05, 0.1) is 29.0 Å². The van der Waals surface area contributed by atoms with Crippen molar-refractivity contribution in [3.63, 3.8) is 0 Å². The van der Waals surface area contributed by atoms with E-state index < -0.39 is 17.3 Å². The first kappa shape index (κ1) is 20.6. The third-order valence-corrected chi connectivity index (χ3v) is 5.38. The Hall–Kier alpha value is -4.25. The van der Waals surface area contributed by atoms with Crippen LogP contribution in [0.1, 0.15) is 12.2 Å². The second-order valence-corrected chi connectivity index (χ2v) is 7.57. The van der Waals surface area contributed by atoms with Crippen LogP contribution in [-0.4, -0.2) is 54.6 Å². The molecular weight excluding hydrogens is 429 g/mol. The molecule has 0 saturated carbocycles. The zero-order valence-corrected chi connectivity index (χ0v) is 17.4. The van der Waals surface area contributed by atoms with E-state index in [4.69, 9.17) is 4.52 Å².